The molecule has 1 heterocycles. The second kappa shape index (κ2) is 11.1. The number of furan rings is 1. The largest absolute Gasteiger partial charge is 0.456 e. The normalized spacial score (nSPS) is 14.5. The molecule has 228 valence electrons. The third-order valence-corrected chi connectivity index (χ3v) is 9.41. The van der Waals surface area contributed by atoms with Gasteiger partial charge in [-0.3, -0.25) is 0 Å². The van der Waals surface area contributed by atoms with Crippen molar-refractivity contribution in [1.82, 2.24) is 0 Å². The third kappa shape index (κ3) is 4.47. The lowest BCUT2D eigenvalue weighted by atomic mass is 9.83. The Hall–Kier alpha value is -6.44. The van der Waals surface area contributed by atoms with E-state index in [2.05, 4.69) is 36.4 Å². The molecule has 49 heavy (non-hydrogen) atoms. The van der Waals surface area contributed by atoms with Crippen molar-refractivity contribution in [3.63, 3.8) is 0 Å². The Morgan fingerprint density at radius 1 is 0.367 bits per heavy atom. The lowest BCUT2D eigenvalue weighted by molar-refractivity contribution is 0.669. The Balaban J connectivity index is 1.31. The Morgan fingerprint density at radius 2 is 0.959 bits per heavy atom. The van der Waals surface area contributed by atoms with Gasteiger partial charge in [0, 0.05) is 10.8 Å². The van der Waals surface area contributed by atoms with Gasteiger partial charge >= 0.3 is 0 Å². The summed E-state index contributed by atoms with van der Waals surface area (Å²) in [5.41, 5.74) is 6.05. The second-order valence-corrected chi connectivity index (χ2v) is 12.1. The van der Waals surface area contributed by atoms with E-state index in [1.807, 2.05) is 66.7 Å². The van der Waals surface area contributed by atoms with Crippen molar-refractivity contribution in [2.24, 2.45) is 0 Å². The fourth-order valence-electron chi connectivity index (χ4n) is 7.25. The van der Waals surface area contributed by atoms with Gasteiger partial charge < -0.3 is 4.42 Å². The average Bonchev–Trinajstić information content (AvgIpc) is 3.62. The van der Waals surface area contributed by atoms with Crippen LogP contribution in [0.1, 0.15) is 13.7 Å². The quantitative estimate of drug-likeness (QED) is 0.176. The average molecular weight is 633 g/mol. The van der Waals surface area contributed by atoms with Crippen LogP contribution in [0.15, 0.2) is 186 Å². The first-order chi connectivity index (χ1) is 28.4. The zero-order valence-corrected chi connectivity index (χ0v) is 26.0. The molecule has 0 radical (unpaired) electrons. The van der Waals surface area contributed by atoms with Crippen molar-refractivity contribution in [3.8, 4) is 44.5 Å². The monoisotopic (exact) mass is 632 g/mol. The van der Waals surface area contributed by atoms with Crippen molar-refractivity contribution in [2.75, 3.05) is 0 Å². The van der Waals surface area contributed by atoms with Crippen molar-refractivity contribution < 1.29 is 18.1 Å². The lowest BCUT2D eigenvalue weighted by Crippen LogP contribution is -1.92. The first-order valence-corrected chi connectivity index (χ1v) is 16.0. The minimum absolute atomic E-state index is 0.0879. The summed E-state index contributed by atoms with van der Waals surface area (Å²) in [6, 6.07) is 35.6. The van der Waals surface area contributed by atoms with E-state index < -0.39 is 36.3 Å². The molecule has 0 aliphatic heterocycles. The van der Waals surface area contributed by atoms with Gasteiger partial charge in [0.2, 0.25) is 0 Å². The van der Waals surface area contributed by atoms with Crippen LogP contribution < -0.4 is 0 Å². The number of fused-ring (bicyclic) bond motifs is 6. The van der Waals surface area contributed by atoms with Crippen molar-refractivity contribution in [1.29, 1.82) is 0 Å². The van der Waals surface area contributed by atoms with E-state index in [9.17, 15) is 0 Å². The summed E-state index contributed by atoms with van der Waals surface area (Å²) >= 11 is 0. The maximum Gasteiger partial charge on any atom is 0.136 e. The fraction of sp³-hybridized carbons (Fsp3) is 0. The molecule has 10 aromatic rings. The fourth-order valence-corrected chi connectivity index (χ4v) is 7.25. The van der Waals surface area contributed by atoms with Crippen LogP contribution in [0.5, 0.6) is 0 Å². The first kappa shape index (κ1) is 19.4. The highest BCUT2D eigenvalue weighted by Gasteiger charge is 2.21. The van der Waals surface area contributed by atoms with E-state index in [0.717, 1.165) is 76.5 Å². The van der Waals surface area contributed by atoms with Gasteiger partial charge in [0.25, 0.3) is 0 Å². The van der Waals surface area contributed by atoms with Gasteiger partial charge in [0.15, 0.2) is 0 Å². The number of benzene rings is 9. The van der Waals surface area contributed by atoms with Crippen LogP contribution in [0.25, 0.3) is 98.8 Å². The van der Waals surface area contributed by atoms with Crippen LogP contribution in [-0.4, -0.2) is 0 Å². The Morgan fingerprint density at radius 3 is 1.69 bits per heavy atom. The van der Waals surface area contributed by atoms with Crippen LogP contribution in [0.3, 0.4) is 0 Å². The molecule has 0 spiro atoms. The molecule has 0 fully saturated rings. The van der Waals surface area contributed by atoms with Crippen LogP contribution in [-0.2, 0) is 0 Å². The first-order valence-electron chi connectivity index (χ1n) is 21.0. The number of hydrogen-bond donors (Lipinski definition) is 0. The maximum atomic E-state index is 8.84. The van der Waals surface area contributed by atoms with Crippen molar-refractivity contribution in [2.45, 2.75) is 0 Å². The maximum absolute atomic E-state index is 8.84. The predicted molar refractivity (Wildman–Crippen MR) is 208 cm³/mol. The summed E-state index contributed by atoms with van der Waals surface area (Å²) in [5, 5.41) is 7.51. The van der Waals surface area contributed by atoms with Gasteiger partial charge in [-0.1, -0.05) is 157 Å². The summed E-state index contributed by atoms with van der Waals surface area (Å²) in [5.74, 6) is 0. The molecule has 1 nitrogen and oxygen atoms in total. The van der Waals surface area contributed by atoms with E-state index in [0.29, 0.717) is 11.1 Å². The number of rotatable bonds is 4. The van der Waals surface area contributed by atoms with Gasteiger partial charge in [0.05, 0.1) is 13.7 Å². The summed E-state index contributed by atoms with van der Waals surface area (Å²) < 4.78 is 91.0. The molecule has 9 aromatic carbocycles. The predicted octanol–water partition coefficient (Wildman–Crippen LogP) is 13.7. The summed E-state index contributed by atoms with van der Waals surface area (Å²) in [6.45, 7) is 0. The highest BCUT2D eigenvalue weighted by Crippen LogP contribution is 2.48. The van der Waals surface area contributed by atoms with Crippen molar-refractivity contribution in [3.05, 3.63) is 182 Å². The van der Waals surface area contributed by atoms with Gasteiger partial charge in [-0.25, -0.2) is 0 Å². The molecule has 0 saturated heterocycles. The second-order valence-electron chi connectivity index (χ2n) is 12.1. The Labute approximate surface area is 298 Å². The van der Waals surface area contributed by atoms with Crippen LogP contribution in [0.2, 0.25) is 0 Å². The molecular formula is C48H30O. The van der Waals surface area contributed by atoms with Crippen LogP contribution >= 0.6 is 0 Å². The zero-order chi connectivity index (χ0) is 41.0. The topological polar surface area (TPSA) is 13.1 Å². The van der Waals surface area contributed by atoms with E-state index in [1.54, 1.807) is 18.2 Å². The minimum atomic E-state index is -0.467. The van der Waals surface area contributed by atoms with Gasteiger partial charge in [-0.05, 0) is 101 Å². The van der Waals surface area contributed by atoms with Crippen LogP contribution in [0.4, 0.5) is 0 Å². The molecular weight excluding hydrogens is 593 g/mol. The molecule has 0 saturated carbocycles. The molecule has 0 N–H and O–H groups in total. The van der Waals surface area contributed by atoms with Gasteiger partial charge in [-0.15, -0.1) is 0 Å². The molecule has 0 aliphatic rings. The van der Waals surface area contributed by atoms with Gasteiger partial charge in [-0.2, -0.15) is 0 Å². The zero-order valence-electron chi connectivity index (χ0n) is 36.0. The molecule has 0 atom stereocenters. The SMILES string of the molecule is [2H]c1c([2H])c([2H])c(-c2ccc(-c3c4ccccc4c(-c4cccc5oc6cc7ccccc7cc6c45)c4ccc(-c5c([2H])c([2H])c([2H])c([2H])c5[2H])cc34)cc2)c([2H])c1[2H]. The summed E-state index contributed by atoms with van der Waals surface area (Å²) in [6.07, 6.45) is 0. The molecule has 1 heteroatoms. The molecule has 10 rings (SSSR count). The highest BCUT2D eigenvalue weighted by atomic mass is 16.3. The molecule has 1 aromatic heterocycles. The summed E-state index contributed by atoms with van der Waals surface area (Å²) in [4.78, 5) is 0. The van der Waals surface area contributed by atoms with E-state index in [-0.39, 0.29) is 35.3 Å². The van der Waals surface area contributed by atoms with Gasteiger partial charge in [0.1, 0.15) is 11.2 Å². The van der Waals surface area contributed by atoms with E-state index in [4.69, 9.17) is 18.1 Å². The van der Waals surface area contributed by atoms with E-state index >= 15 is 0 Å². The third-order valence-electron chi connectivity index (χ3n) is 9.41. The molecule has 0 unspecified atom stereocenters. The Kier molecular flexibility index (Phi) is 4.39. The molecule has 0 bridgehead atoms. The van der Waals surface area contributed by atoms with Crippen LogP contribution in [0, 0.1) is 0 Å². The molecule has 0 aliphatic carbocycles. The number of hydrogen-bond acceptors (Lipinski definition) is 1. The lowest BCUT2D eigenvalue weighted by Gasteiger charge is -2.19. The minimum Gasteiger partial charge on any atom is -0.456 e. The molecule has 0 amide bonds. The standard InChI is InChI=1S/C48H30O/c1-3-12-31(13-4-1)33-22-24-34(25-23-33)46-38-18-9-10-19-39(38)47(40-27-26-37(28-42(40)46)32-14-5-2-6-15-32)41-20-11-21-44-48(41)43-29-35-16-7-8-17-36(35)30-45(43)49-44/h1-30H/i1D,2D,3D,4D,5D,6D,12D,13D,14D,15D. The summed E-state index contributed by atoms with van der Waals surface area (Å²) in [7, 11) is 0. The Bertz CT molecular complexity index is 3390. The smallest absolute Gasteiger partial charge is 0.136 e. The van der Waals surface area contributed by atoms with Crippen molar-refractivity contribution >= 4 is 54.3 Å². The highest BCUT2D eigenvalue weighted by molar-refractivity contribution is 6.26. The van der Waals surface area contributed by atoms with E-state index in [1.165, 1.54) is 0 Å².